The number of hydrogen-bond donors (Lipinski definition) is 2. The minimum absolute atomic E-state index is 0.104. The summed E-state index contributed by atoms with van der Waals surface area (Å²) in [6, 6.07) is 16.2. The summed E-state index contributed by atoms with van der Waals surface area (Å²) in [6.07, 6.45) is 2.83. The van der Waals surface area contributed by atoms with Crippen LogP contribution in [0.3, 0.4) is 0 Å². The molecule has 0 aliphatic rings. The summed E-state index contributed by atoms with van der Waals surface area (Å²) in [5.74, 6) is -0.978. The summed E-state index contributed by atoms with van der Waals surface area (Å²) in [4.78, 5) is 41.1. The number of para-hydroxylation sites is 1. The Bertz CT molecular complexity index is 1290. The molecular formula is C21H18N6O3. The number of hydrazine groups is 1. The van der Waals surface area contributed by atoms with E-state index in [9.17, 15) is 14.4 Å². The van der Waals surface area contributed by atoms with Gasteiger partial charge < -0.3 is 0 Å². The lowest BCUT2D eigenvalue weighted by atomic mass is 10.1. The fraction of sp³-hybridized carbons (Fsp3) is 0.0952. The van der Waals surface area contributed by atoms with E-state index < -0.39 is 11.8 Å². The molecular weight excluding hydrogens is 384 g/mol. The van der Waals surface area contributed by atoms with Crippen molar-refractivity contribution in [2.45, 2.75) is 6.42 Å². The summed E-state index contributed by atoms with van der Waals surface area (Å²) >= 11 is 0. The van der Waals surface area contributed by atoms with Crippen molar-refractivity contribution in [1.82, 2.24) is 30.2 Å². The molecule has 0 fully saturated rings. The van der Waals surface area contributed by atoms with Crippen LogP contribution in [0, 0.1) is 0 Å². The molecule has 2 aromatic heterocycles. The summed E-state index contributed by atoms with van der Waals surface area (Å²) in [5, 5.41) is 5.27. The molecule has 0 bridgehead atoms. The summed E-state index contributed by atoms with van der Waals surface area (Å²) in [5.41, 5.74) is 6.02. The van der Waals surface area contributed by atoms with E-state index in [-0.39, 0.29) is 17.7 Å². The molecule has 0 spiro atoms. The molecule has 0 aliphatic carbocycles. The number of carbonyl (C=O) groups excluding carboxylic acids is 2. The number of rotatable bonds is 4. The van der Waals surface area contributed by atoms with Gasteiger partial charge in [-0.3, -0.25) is 29.8 Å². The Hall–Kier alpha value is -4.27. The van der Waals surface area contributed by atoms with Crippen LogP contribution >= 0.6 is 0 Å². The van der Waals surface area contributed by atoms with Gasteiger partial charge in [0.1, 0.15) is 5.69 Å². The van der Waals surface area contributed by atoms with Gasteiger partial charge in [-0.15, -0.1) is 0 Å². The highest BCUT2D eigenvalue weighted by Gasteiger charge is 2.16. The van der Waals surface area contributed by atoms with Gasteiger partial charge >= 0.3 is 0 Å². The van der Waals surface area contributed by atoms with Crippen molar-refractivity contribution < 1.29 is 9.59 Å². The van der Waals surface area contributed by atoms with E-state index in [2.05, 4.69) is 20.9 Å². The van der Waals surface area contributed by atoms with Crippen LogP contribution in [0.15, 0.2) is 71.9 Å². The molecule has 4 aromatic rings. The number of benzene rings is 2. The van der Waals surface area contributed by atoms with Gasteiger partial charge in [0.25, 0.3) is 11.5 Å². The number of nitrogens with one attached hydrogen (secondary N) is 2. The fourth-order valence-electron chi connectivity index (χ4n) is 3.15. The van der Waals surface area contributed by atoms with E-state index in [4.69, 9.17) is 0 Å². The molecule has 150 valence electrons. The lowest BCUT2D eigenvalue weighted by Crippen LogP contribution is -2.43. The Kier molecular flexibility index (Phi) is 5.08. The van der Waals surface area contributed by atoms with Gasteiger partial charge in [-0.25, -0.2) is 9.67 Å². The highest BCUT2D eigenvalue weighted by atomic mass is 16.2. The van der Waals surface area contributed by atoms with Gasteiger partial charge in [0.05, 0.1) is 30.0 Å². The van der Waals surface area contributed by atoms with Gasteiger partial charge in [0.15, 0.2) is 0 Å². The Labute approximate surface area is 170 Å². The predicted octanol–water partition coefficient (Wildman–Crippen LogP) is 1.12. The highest BCUT2D eigenvalue weighted by molar-refractivity contribution is 5.95. The lowest BCUT2D eigenvalue weighted by Gasteiger charge is -2.11. The standard InChI is InChI=1S/C21H18N6O3/c1-26-21(30)16-10-6-5-9-15(16)17(25-26)11-19(28)23-24-20(29)18-12-22-13-27(18)14-7-3-2-4-8-14/h2-10,12-13H,11H2,1H3,(H,23,28)(H,24,29). The smallest absolute Gasteiger partial charge is 0.288 e. The topological polar surface area (TPSA) is 111 Å². The van der Waals surface area contributed by atoms with Crippen molar-refractivity contribution in [3.8, 4) is 5.69 Å². The van der Waals surface area contributed by atoms with Crippen molar-refractivity contribution in [1.29, 1.82) is 0 Å². The van der Waals surface area contributed by atoms with Crippen molar-refractivity contribution in [2.24, 2.45) is 7.05 Å². The molecule has 9 nitrogen and oxygen atoms in total. The first kappa shape index (κ1) is 19.1. The number of nitrogens with zero attached hydrogens (tertiary/aromatic N) is 4. The van der Waals surface area contributed by atoms with Crippen molar-refractivity contribution in [3.63, 3.8) is 0 Å². The molecule has 9 heteroatoms. The SMILES string of the molecule is Cn1nc(CC(=O)NNC(=O)c2cncn2-c2ccccc2)c2ccccc2c1=O. The van der Waals surface area contributed by atoms with Gasteiger partial charge in [-0.1, -0.05) is 36.4 Å². The fourth-order valence-corrected chi connectivity index (χ4v) is 3.15. The summed E-state index contributed by atoms with van der Waals surface area (Å²) in [7, 11) is 1.53. The first-order chi connectivity index (χ1) is 14.5. The Morgan fingerprint density at radius 2 is 1.67 bits per heavy atom. The van der Waals surface area contributed by atoms with Crippen LogP contribution < -0.4 is 16.4 Å². The molecule has 4 rings (SSSR count). The molecule has 2 amide bonds. The third-order valence-corrected chi connectivity index (χ3v) is 4.58. The maximum absolute atomic E-state index is 12.5. The van der Waals surface area contributed by atoms with Crippen LogP contribution in [0.4, 0.5) is 0 Å². The van der Waals surface area contributed by atoms with Crippen molar-refractivity contribution in [3.05, 3.63) is 88.9 Å². The monoisotopic (exact) mass is 402 g/mol. The van der Waals surface area contributed by atoms with E-state index in [0.29, 0.717) is 16.5 Å². The molecule has 30 heavy (non-hydrogen) atoms. The molecule has 0 unspecified atom stereocenters. The van der Waals surface area contributed by atoms with Crippen LogP contribution in [-0.4, -0.2) is 31.1 Å². The zero-order valence-corrected chi connectivity index (χ0v) is 16.1. The first-order valence-corrected chi connectivity index (χ1v) is 9.16. The molecule has 2 heterocycles. The number of aromatic nitrogens is 4. The van der Waals surface area contributed by atoms with Gasteiger partial charge in [0.2, 0.25) is 5.91 Å². The second-order valence-corrected chi connectivity index (χ2v) is 6.58. The number of hydrogen-bond acceptors (Lipinski definition) is 5. The van der Waals surface area contributed by atoms with Crippen molar-refractivity contribution >= 4 is 22.6 Å². The number of aryl methyl sites for hydroxylation is 1. The van der Waals surface area contributed by atoms with Crippen LogP contribution in [0.2, 0.25) is 0 Å². The van der Waals surface area contributed by atoms with Gasteiger partial charge in [0, 0.05) is 18.1 Å². The van der Waals surface area contributed by atoms with Crippen LogP contribution in [-0.2, 0) is 18.3 Å². The van der Waals surface area contributed by atoms with E-state index in [1.165, 1.54) is 24.3 Å². The molecule has 0 atom stereocenters. The van der Waals surface area contributed by atoms with Crippen molar-refractivity contribution in [2.75, 3.05) is 0 Å². The van der Waals surface area contributed by atoms with Crippen LogP contribution in [0.25, 0.3) is 16.5 Å². The number of fused-ring (bicyclic) bond motifs is 1. The third kappa shape index (κ3) is 3.68. The van der Waals surface area contributed by atoms with Gasteiger partial charge in [-0.2, -0.15) is 5.10 Å². The zero-order chi connectivity index (χ0) is 21.1. The quantitative estimate of drug-likeness (QED) is 0.497. The van der Waals surface area contributed by atoms with E-state index in [0.717, 1.165) is 5.69 Å². The van der Waals surface area contributed by atoms with Crippen LogP contribution in [0.1, 0.15) is 16.2 Å². The summed E-state index contributed by atoms with van der Waals surface area (Å²) < 4.78 is 2.81. The van der Waals surface area contributed by atoms with E-state index in [1.54, 1.807) is 28.8 Å². The number of imidazole rings is 1. The van der Waals surface area contributed by atoms with E-state index in [1.807, 2.05) is 30.3 Å². The molecule has 0 aliphatic heterocycles. The molecule has 0 saturated carbocycles. The summed E-state index contributed by atoms with van der Waals surface area (Å²) in [6.45, 7) is 0. The molecule has 0 saturated heterocycles. The second-order valence-electron chi connectivity index (χ2n) is 6.58. The number of amides is 2. The minimum atomic E-state index is -0.511. The maximum atomic E-state index is 12.5. The third-order valence-electron chi connectivity index (χ3n) is 4.58. The second kappa shape index (κ2) is 8.00. The van der Waals surface area contributed by atoms with Crippen LogP contribution in [0.5, 0.6) is 0 Å². The molecule has 2 N–H and O–H groups in total. The predicted molar refractivity (Wildman–Crippen MR) is 110 cm³/mol. The molecule has 0 radical (unpaired) electrons. The highest BCUT2D eigenvalue weighted by Crippen LogP contribution is 2.13. The minimum Gasteiger partial charge on any atom is -0.295 e. The van der Waals surface area contributed by atoms with E-state index >= 15 is 0 Å². The zero-order valence-electron chi connectivity index (χ0n) is 16.1. The average Bonchev–Trinajstić information content (AvgIpc) is 3.26. The molecule has 2 aromatic carbocycles. The first-order valence-electron chi connectivity index (χ1n) is 9.16. The van der Waals surface area contributed by atoms with Gasteiger partial charge in [-0.05, 0) is 18.2 Å². The largest absolute Gasteiger partial charge is 0.295 e. The lowest BCUT2D eigenvalue weighted by molar-refractivity contribution is -0.121. The Morgan fingerprint density at radius 1 is 0.967 bits per heavy atom. The Balaban J connectivity index is 1.48. The number of carbonyl (C=O) groups is 2. The normalized spacial score (nSPS) is 10.7. The average molecular weight is 402 g/mol. The maximum Gasteiger partial charge on any atom is 0.288 e. The Morgan fingerprint density at radius 3 is 2.43 bits per heavy atom.